The first-order chi connectivity index (χ1) is 8.08. The third-order valence-corrected chi connectivity index (χ3v) is 5.27. The quantitative estimate of drug-likeness (QED) is 0.913. The third-order valence-electron chi connectivity index (χ3n) is 3.00. The minimum Gasteiger partial charge on any atom is -0.481 e. The molecule has 1 aliphatic heterocycles. The molecule has 1 N–H and O–H groups in total. The number of thioether (sulfide) groups is 1. The number of hydrogen-bond acceptors (Lipinski definition) is 5. The molecular formula is C11H16N2O2S2. The van der Waals surface area contributed by atoms with E-state index in [1.54, 1.807) is 11.3 Å². The van der Waals surface area contributed by atoms with Crippen LogP contribution in [0.3, 0.4) is 0 Å². The van der Waals surface area contributed by atoms with Crippen LogP contribution in [0.1, 0.15) is 19.5 Å². The van der Waals surface area contributed by atoms with Crippen LogP contribution in [0.2, 0.25) is 0 Å². The van der Waals surface area contributed by atoms with Gasteiger partial charge in [0.25, 0.3) is 0 Å². The normalized spacial score (nSPS) is 24.9. The van der Waals surface area contributed by atoms with E-state index in [1.807, 2.05) is 17.1 Å². The van der Waals surface area contributed by atoms with E-state index in [0.717, 1.165) is 17.4 Å². The van der Waals surface area contributed by atoms with Crippen molar-refractivity contribution in [3.05, 3.63) is 11.1 Å². The van der Waals surface area contributed by atoms with E-state index in [4.69, 9.17) is 5.11 Å². The summed E-state index contributed by atoms with van der Waals surface area (Å²) in [5.41, 5.74) is 0.663. The molecular weight excluding hydrogens is 256 g/mol. The summed E-state index contributed by atoms with van der Waals surface area (Å²) < 4.78 is 0. The Morgan fingerprint density at radius 3 is 3.12 bits per heavy atom. The van der Waals surface area contributed by atoms with Gasteiger partial charge < -0.3 is 10.0 Å². The van der Waals surface area contributed by atoms with Gasteiger partial charge in [-0.05, 0) is 6.92 Å². The van der Waals surface area contributed by atoms with Gasteiger partial charge in [0.05, 0.1) is 12.1 Å². The molecule has 1 aliphatic rings. The smallest absolute Gasteiger partial charge is 0.309 e. The van der Waals surface area contributed by atoms with E-state index in [0.29, 0.717) is 17.0 Å². The van der Waals surface area contributed by atoms with Crippen LogP contribution in [-0.2, 0) is 11.2 Å². The lowest BCUT2D eigenvalue weighted by molar-refractivity contribution is -0.136. The molecule has 94 valence electrons. The molecule has 1 saturated heterocycles. The summed E-state index contributed by atoms with van der Waals surface area (Å²) >= 11 is 3.53. The SMILES string of the molecule is CC1SCCN(c2nc(CC(=O)O)cs2)C1C. The maximum atomic E-state index is 10.6. The van der Waals surface area contributed by atoms with E-state index in [9.17, 15) is 4.79 Å². The molecule has 1 aromatic rings. The molecule has 17 heavy (non-hydrogen) atoms. The van der Waals surface area contributed by atoms with Crippen molar-refractivity contribution in [3.63, 3.8) is 0 Å². The lowest BCUT2D eigenvalue weighted by Gasteiger charge is -2.37. The van der Waals surface area contributed by atoms with Crippen molar-refractivity contribution in [2.24, 2.45) is 0 Å². The zero-order valence-electron chi connectivity index (χ0n) is 9.92. The Labute approximate surface area is 109 Å². The van der Waals surface area contributed by atoms with Crippen molar-refractivity contribution in [1.82, 2.24) is 4.98 Å². The first-order valence-corrected chi connectivity index (χ1v) is 7.55. The topological polar surface area (TPSA) is 53.4 Å². The number of hydrogen-bond donors (Lipinski definition) is 1. The van der Waals surface area contributed by atoms with Crippen LogP contribution in [0, 0.1) is 0 Å². The van der Waals surface area contributed by atoms with Gasteiger partial charge in [0.2, 0.25) is 0 Å². The van der Waals surface area contributed by atoms with E-state index < -0.39 is 5.97 Å². The molecule has 1 fully saturated rings. The van der Waals surface area contributed by atoms with E-state index >= 15 is 0 Å². The first kappa shape index (κ1) is 12.7. The number of thiazole rings is 1. The number of rotatable bonds is 3. The Kier molecular flexibility index (Phi) is 3.93. The number of anilines is 1. The van der Waals surface area contributed by atoms with Crippen LogP contribution in [-0.4, -0.2) is 39.6 Å². The number of carboxylic acid groups (broad SMARTS) is 1. The number of nitrogens with zero attached hydrogens (tertiary/aromatic N) is 2. The molecule has 0 aliphatic carbocycles. The number of carboxylic acids is 1. The average molecular weight is 272 g/mol. The van der Waals surface area contributed by atoms with Gasteiger partial charge in [0, 0.05) is 29.0 Å². The first-order valence-electron chi connectivity index (χ1n) is 5.62. The minimum atomic E-state index is -0.822. The average Bonchev–Trinajstić information content (AvgIpc) is 2.69. The summed E-state index contributed by atoms with van der Waals surface area (Å²) in [7, 11) is 0. The molecule has 0 amide bonds. The molecule has 2 unspecified atom stereocenters. The molecule has 0 radical (unpaired) electrons. The summed E-state index contributed by atoms with van der Waals surface area (Å²) in [6, 6.07) is 0.456. The second-order valence-corrected chi connectivity index (χ2v) is 6.52. The molecule has 2 rings (SSSR count). The molecule has 2 heterocycles. The van der Waals surface area contributed by atoms with Crippen molar-refractivity contribution in [1.29, 1.82) is 0 Å². The van der Waals surface area contributed by atoms with Gasteiger partial charge in [-0.2, -0.15) is 11.8 Å². The van der Waals surface area contributed by atoms with Gasteiger partial charge in [0.1, 0.15) is 0 Å². The van der Waals surface area contributed by atoms with Crippen LogP contribution < -0.4 is 4.90 Å². The van der Waals surface area contributed by atoms with E-state index in [1.165, 1.54) is 0 Å². The zero-order valence-corrected chi connectivity index (χ0v) is 11.6. The van der Waals surface area contributed by atoms with E-state index in [-0.39, 0.29) is 6.42 Å². The Morgan fingerprint density at radius 1 is 1.65 bits per heavy atom. The monoisotopic (exact) mass is 272 g/mol. The predicted molar refractivity (Wildman–Crippen MR) is 72.2 cm³/mol. The fourth-order valence-corrected chi connectivity index (χ4v) is 3.91. The maximum absolute atomic E-state index is 10.6. The van der Waals surface area contributed by atoms with Crippen LogP contribution in [0.25, 0.3) is 0 Å². The molecule has 0 spiro atoms. The molecule has 6 heteroatoms. The lowest BCUT2D eigenvalue weighted by atomic mass is 10.2. The van der Waals surface area contributed by atoms with Crippen molar-refractivity contribution in [2.45, 2.75) is 31.6 Å². The van der Waals surface area contributed by atoms with Gasteiger partial charge in [-0.3, -0.25) is 4.79 Å². The summed E-state index contributed by atoms with van der Waals surface area (Å²) in [5, 5.41) is 12.1. The van der Waals surface area contributed by atoms with Gasteiger partial charge in [-0.15, -0.1) is 11.3 Å². The predicted octanol–water partition coefficient (Wildman–Crippen LogP) is 2.10. The zero-order chi connectivity index (χ0) is 12.4. The number of aliphatic carboxylic acids is 1. The van der Waals surface area contributed by atoms with Gasteiger partial charge in [0.15, 0.2) is 5.13 Å². The Morgan fingerprint density at radius 2 is 2.41 bits per heavy atom. The highest BCUT2D eigenvalue weighted by Gasteiger charge is 2.27. The molecule has 0 saturated carbocycles. The minimum absolute atomic E-state index is 0.0169. The van der Waals surface area contributed by atoms with E-state index in [2.05, 4.69) is 23.7 Å². The highest BCUT2D eigenvalue weighted by Crippen LogP contribution is 2.31. The fourth-order valence-electron chi connectivity index (χ4n) is 1.87. The number of aromatic nitrogens is 1. The van der Waals surface area contributed by atoms with Crippen molar-refractivity contribution in [3.8, 4) is 0 Å². The summed E-state index contributed by atoms with van der Waals surface area (Å²) in [4.78, 5) is 17.3. The molecule has 1 aromatic heterocycles. The molecule has 2 atom stereocenters. The van der Waals surface area contributed by atoms with Crippen molar-refractivity contribution >= 4 is 34.2 Å². The Hall–Kier alpha value is -0.750. The summed E-state index contributed by atoms with van der Waals surface area (Å²) in [6.45, 7) is 5.43. The Bertz CT molecular complexity index is 408. The Balaban J connectivity index is 2.11. The number of carbonyl (C=O) groups is 1. The highest BCUT2D eigenvalue weighted by molar-refractivity contribution is 8.00. The van der Waals surface area contributed by atoms with Crippen LogP contribution in [0.4, 0.5) is 5.13 Å². The van der Waals surface area contributed by atoms with Gasteiger partial charge >= 0.3 is 5.97 Å². The van der Waals surface area contributed by atoms with Gasteiger partial charge in [-0.1, -0.05) is 6.92 Å². The van der Waals surface area contributed by atoms with Crippen molar-refractivity contribution < 1.29 is 9.90 Å². The molecule has 0 bridgehead atoms. The second kappa shape index (κ2) is 5.27. The lowest BCUT2D eigenvalue weighted by Crippen LogP contribution is -2.44. The highest BCUT2D eigenvalue weighted by atomic mass is 32.2. The summed E-state index contributed by atoms with van der Waals surface area (Å²) in [5.74, 6) is 0.289. The summed E-state index contributed by atoms with van der Waals surface area (Å²) in [6.07, 6.45) is 0.0169. The third kappa shape index (κ3) is 2.93. The van der Waals surface area contributed by atoms with Crippen LogP contribution in [0.5, 0.6) is 0 Å². The largest absolute Gasteiger partial charge is 0.481 e. The second-order valence-electron chi connectivity index (χ2n) is 4.20. The standard InChI is InChI=1S/C11H16N2O2S2/c1-7-8(2)16-4-3-13(7)11-12-9(6-17-11)5-10(14)15/h6-8H,3-5H2,1-2H3,(H,14,15). The van der Waals surface area contributed by atoms with Crippen molar-refractivity contribution in [2.75, 3.05) is 17.2 Å². The van der Waals surface area contributed by atoms with Crippen LogP contribution >= 0.6 is 23.1 Å². The van der Waals surface area contributed by atoms with Gasteiger partial charge in [-0.25, -0.2) is 4.98 Å². The fraction of sp³-hybridized carbons (Fsp3) is 0.636. The molecule has 4 nitrogen and oxygen atoms in total. The molecule has 0 aromatic carbocycles. The maximum Gasteiger partial charge on any atom is 0.309 e. The van der Waals surface area contributed by atoms with Crippen LogP contribution in [0.15, 0.2) is 5.38 Å².